The fraction of sp³-hybridized carbons (Fsp3) is 0.286. The average Bonchev–Trinajstić information content (AvgIpc) is 3.38. The Kier molecular flexibility index (Phi) is 5.00. The van der Waals surface area contributed by atoms with Crippen LogP contribution in [-0.4, -0.2) is 57.6 Å². The summed E-state index contributed by atoms with van der Waals surface area (Å²) in [5, 5.41) is 6.73. The number of amides is 2. The van der Waals surface area contributed by atoms with Crippen molar-refractivity contribution in [3.8, 4) is 16.3 Å². The van der Waals surface area contributed by atoms with E-state index >= 15 is 0 Å². The van der Waals surface area contributed by atoms with Crippen LogP contribution >= 0.6 is 11.3 Å². The number of rotatable bonds is 3. The third-order valence-electron chi connectivity index (χ3n) is 4.99. The molecule has 7 heteroatoms. The molecule has 3 heterocycles. The number of aromatic nitrogens is 2. The van der Waals surface area contributed by atoms with Gasteiger partial charge in [-0.05, 0) is 36.6 Å². The largest absolute Gasteiger partial charge is 0.339 e. The van der Waals surface area contributed by atoms with Gasteiger partial charge in [0.2, 0.25) is 5.91 Å². The van der Waals surface area contributed by atoms with E-state index in [-0.39, 0.29) is 11.8 Å². The highest BCUT2D eigenvalue weighted by Gasteiger charge is 2.27. The molecule has 0 bridgehead atoms. The summed E-state index contributed by atoms with van der Waals surface area (Å²) in [5.74, 6) is -0.00383. The number of piperazine rings is 1. The first-order valence-electron chi connectivity index (χ1n) is 9.29. The smallest absolute Gasteiger partial charge is 0.272 e. The lowest BCUT2D eigenvalue weighted by molar-refractivity contribution is -0.130. The van der Waals surface area contributed by atoms with Crippen molar-refractivity contribution < 1.29 is 9.59 Å². The van der Waals surface area contributed by atoms with Gasteiger partial charge in [0.1, 0.15) is 11.4 Å². The topological polar surface area (TPSA) is 58.4 Å². The van der Waals surface area contributed by atoms with Crippen LogP contribution in [0.1, 0.15) is 23.0 Å². The first-order chi connectivity index (χ1) is 13.5. The first kappa shape index (κ1) is 18.4. The van der Waals surface area contributed by atoms with Crippen molar-refractivity contribution in [1.29, 1.82) is 0 Å². The monoisotopic (exact) mass is 394 g/mol. The van der Waals surface area contributed by atoms with E-state index in [9.17, 15) is 9.59 Å². The molecule has 28 heavy (non-hydrogen) atoms. The van der Waals surface area contributed by atoms with Gasteiger partial charge >= 0.3 is 0 Å². The molecule has 1 aromatic carbocycles. The maximum atomic E-state index is 13.3. The highest BCUT2D eigenvalue weighted by atomic mass is 32.1. The number of aryl methyl sites for hydroxylation is 1. The minimum absolute atomic E-state index is 0.0526. The van der Waals surface area contributed by atoms with Crippen LogP contribution in [-0.2, 0) is 4.79 Å². The van der Waals surface area contributed by atoms with E-state index in [0.717, 1.165) is 21.8 Å². The van der Waals surface area contributed by atoms with Crippen LogP contribution in [0.4, 0.5) is 0 Å². The maximum absolute atomic E-state index is 13.3. The van der Waals surface area contributed by atoms with Crippen LogP contribution in [0, 0.1) is 6.92 Å². The van der Waals surface area contributed by atoms with Gasteiger partial charge in [0, 0.05) is 33.1 Å². The zero-order valence-electron chi connectivity index (χ0n) is 16.0. The molecule has 0 N–H and O–H groups in total. The second-order valence-electron chi connectivity index (χ2n) is 6.94. The van der Waals surface area contributed by atoms with Crippen LogP contribution in [0.5, 0.6) is 0 Å². The summed E-state index contributed by atoms with van der Waals surface area (Å²) in [4.78, 5) is 29.5. The minimum Gasteiger partial charge on any atom is -0.339 e. The lowest BCUT2D eigenvalue weighted by Crippen LogP contribution is -2.50. The second-order valence-corrected chi connectivity index (χ2v) is 7.89. The van der Waals surface area contributed by atoms with Crippen LogP contribution in [0.15, 0.2) is 47.8 Å². The van der Waals surface area contributed by atoms with Crippen molar-refractivity contribution in [2.24, 2.45) is 0 Å². The molecule has 1 aliphatic heterocycles. The molecule has 0 saturated carbocycles. The molecule has 0 radical (unpaired) electrons. The summed E-state index contributed by atoms with van der Waals surface area (Å²) < 4.78 is 1.73. The zero-order chi connectivity index (χ0) is 19.7. The Labute approximate surface area is 168 Å². The molecule has 144 valence electrons. The van der Waals surface area contributed by atoms with Crippen LogP contribution < -0.4 is 0 Å². The molecule has 0 unspecified atom stereocenters. The van der Waals surface area contributed by atoms with Gasteiger partial charge in [-0.15, -0.1) is 11.3 Å². The first-order valence-corrected chi connectivity index (χ1v) is 10.2. The molecular formula is C21H22N4O2S. The number of hydrogen-bond acceptors (Lipinski definition) is 4. The number of carbonyl (C=O) groups excluding carboxylic acids is 2. The van der Waals surface area contributed by atoms with E-state index in [1.807, 2.05) is 54.8 Å². The van der Waals surface area contributed by atoms with Crippen molar-refractivity contribution in [3.63, 3.8) is 0 Å². The summed E-state index contributed by atoms with van der Waals surface area (Å²) in [7, 11) is 0. The Hall–Kier alpha value is -2.93. The average molecular weight is 395 g/mol. The van der Waals surface area contributed by atoms with Gasteiger partial charge in [-0.3, -0.25) is 9.59 Å². The third-order valence-corrected chi connectivity index (χ3v) is 5.89. The molecule has 2 amide bonds. The van der Waals surface area contributed by atoms with E-state index in [0.29, 0.717) is 31.9 Å². The highest BCUT2D eigenvalue weighted by molar-refractivity contribution is 7.13. The molecule has 6 nitrogen and oxygen atoms in total. The Morgan fingerprint density at radius 2 is 1.68 bits per heavy atom. The standard InChI is InChI=1S/C21H22N4O2S/c1-15-5-7-17(8-6-15)25-19(14-18(22-25)20-4-3-13-28-20)21(27)24-11-9-23(10-12-24)16(2)26/h3-8,13-14H,9-12H2,1-2H3. The predicted octanol–water partition coefficient (Wildman–Crippen LogP) is 3.21. The third kappa shape index (κ3) is 3.57. The van der Waals surface area contributed by atoms with Crippen LogP contribution in [0.3, 0.4) is 0 Å². The Morgan fingerprint density at radius 1 is 1.00 bits per heavy atom. The van der Waals surface area contributed by atoms with Crippen molar-refractivity contribution >= 4 is 23.2 Å². The normalized spacial score (nSPS) is 14.4. The molecule has 2 aromatic heterocycles. The van der Waals surface area contributed by atoms with Gasteiger partial charge in [0.05, 0.1) is 10.6 Å². The van der Waals surface area contributed by atoms with E-state index in [2.05, 4.69) is 0 Å². The molecule has 4 rings (SSSR count). The van der Waals surface area contributed by atoms with E-state index in [1.165, 1.54) is 0 Å². The van der Waals surface area contributed by atoms with Crippen molar-refractivity contribution in [2.75, 3.05) is 26.2 Å². The van der Waals surface area contributed by atoms with E-state index in [4.69, 9.17) is 5.10 Å². The van der Waals surface area contributed by atoms with E-state index < -0.39 is 0 Å². The number of benzene rings is 1. The van der Waals surface area contributed by atoms with Gasteiger partial charge in [0.15, 0.2) is 0 Å². The van der Waals surface area contributed by atoms with Crippen molar-refractivity contribution in [1.82, 2.24) is 19.6 Å². The van der Waals surface area contributed by atoms with Gasteiger partial charge in [-0.25, -0.2) is 4.68 Å². The van der Waals surface area contributed by atoms with Gasteiger partial charge in [-0.2, -0.15) is 5.10 Å². The highest BCUT2D eigenvalue weighted by Crippen LogP contribution is 2.26. The lowest BCUT2D eigenvalue weighted by Gasteiger charge is -2.34. The Balaban J connectivity index is 1.68. The summed E-state index contributed by atoms with van der Waals surface area (Å²) in [6, 6.07) is 13.8. The summed E-state index contributed by atoms with van der Waals surface area (Å²) in [6.07, 6.45) is 0. The fourth-order valence-electron chi connectivity index (χ4n) is 3.35. The van der Waals surface area contributed by atoms with Crippen LogP contribution in [0.2, 0.25) is 0 Å². The molecule has 1 aliphatic rings. The number of nitrogens with zero attached hydrogens (tertiary/aromatic N) is 4. The fourth-order valence-corrected chi connectivity index (χ4v) is 4.03. The summed E-state index contributed by atoms with van der Waals surface area (Å²) >= 11 is 1.60. The Morgan fingerprint density at radius 3 is 2.29 bits per heavy atom. The lowest BCUT2D eigenvalue weighted by atomic mass is 10.2. The number of hydrogen-bond donors (Lipinski definition) is 0. The van der Waals surface area contributed by atoms with E-state index in [1.54, 1.807) is 32.7 Å². The molecule has 3 aromatic rings. The SMILES string of the molecule is CC(=O)N1CCN(C(=O)c2cc(-c3cccs3)nn2-c2ccc(C)cc2)CC1. The van der Waals surface area contributed by atoms with Gasteiger partial charge in [-0.1, -0.05) is 23.8 Å². The summed E-state index contributed by atoms with van der Waals surface area (Å²) in [6.45, 7) is 5.80. The quantitative estimate of drug-likeness (QED) is 0.685. The Bertz CT molecular complexity index is 984. The molecule has 1 saturated heterocycles. The predicted molar refractivity (Wildman–Crippen MR) is 110 cm³/mol. The van der Waals surface area contributed by atoms with Crippen molar-refractivity contribution in [2.45, 2.75) is 13.8 Å². The maximum Gasteiger partial charge on any atom is 0.272 e. The second kappa shape index (κ2) is 7.59. The zero-order valence-corrected chi connectivity index (χ0v) is 16.8. The van der Waals surface area contributed by atoms with Gasteiger partial charge < -0.3 is 9.80 Å². The van der Waals surface area contributed by atoms with Crippen LogP contribution in [0.25, 0.3) is 16.3 Å². The summed E-state index contributed by atoms with van der Waals surface area (Å²) in [5.41, 5.74) is 3.35. The molecule has 0 spiro atoms. The van der Waals surface area contributed by atoms with Gasteiger partial charge in [0.25, 0.3) is 5.91 Å². The minimum atomic E-state index is -0.0564. The molecule has 0 aliphatic carbocycles. The number of thiophene rings is 1. The molecule has 1 fully saturated rings. The number of carbonyl (C=O) groups is 2. The molecular weight excluding hydrogens is 372 g/mol. The molecule has 0 atom stereocenters. The van der Waals surface area contributed by atoms with Crippen molar-refractivity contribution in [3.05, 3.63) is 59.1 Å².